The van der Waals surface area contributed by atoms with Gasteiger partial charge in [-0.2, -0.15) is 0 Å². The average Bonchev–Trinajstić information content (AvgIpc) is 2.51. The molecule has 0 saturated carbocycles. The minimum absolute atomic E-state index is 0.234. The molecule has 0 heterocycles. The molecule has 1 N–H and O–H groups in total. The van der Waals surface area contributed by atoms with Crippen LogP contribution >= 0.6 is 0 Å². The number of allylic oxidation sites excluding steroid dienone is 6. The van der Waals surface area contributed by atoms with E-state index < -0.39 is 5.97 Å². The Kier molecular flexibility index (Phi) is 14.8. The molecule has 0 aliphatic rings. The summed E-state index contributed by atoms with van der Waals surface area (Å²) < 4.78 is 0. The minimum Gasteiger partial charge on any atom is -0.481 e. The van der Waals surface area contributed by atoms with E-state index in [1.54, 1.807) is 0 Å². The predicted molar refractivity (Wildman–Crippen MR) is 95.1 cm³/mol. The zero-order valence-electron chi connectivity index (χ0n) is 13.9. The van der Waals surface area contributed by atoms with Crippen LogP contribution in [0.5, 0.6) is 0 Å². The molecule has 0 atom stereocenters. The van der Waals surface area contributed by atoms with E-state index in [0.29, 0.717) is 25.7 Å². The van der Waals surface area contributed by atoms with E-state index in [0.717, 1.165) is 32.1 Å². The molecule has 0 aliphatic carbocycles. The molecular weight excluding hydrogens is 288 g/mol. The third-order valence-corrected chi connectivity index (χ3v) is 3.17. The van der Waals surface area contributed by atoms with Crippen LogP contribution < -0.4 is 0 Å². The van der Waals surface area contributed by atoms with Gasteiger partial charge in [0.25, 0.3) is 0 Å². The Morgan fingerprint density at radius 1 is 0.826 bits per heavy atom. The minimum atomic E-state index is -0.737. The number of hydrogen-bond acceptors (Lipinski definition) is 2. The lowest BCUT2D eigenvalue weighted by Crippen LogP contribution is -1.95. The molecule has 23 heavy (non-hydrogen) atoms. The maximum absolute atomic E-state index is 11.5. The summed E-state index contributed by atoms with van der Waals surface area (Å²) in [4.78, 5) is 21.8. The van der Waals surface area contributed by atoms with E-state index in [1.807, 2.05) is 12.2 Å². The molecule has 0 aliphatic heterocycles. The highest BCUT2D eigenvalue weighted by molar-refractivity contribution is 5.78. The molecule has 0 aromatic heterocycles. The van der Waals surface area contributed by atoms with Gasteiger partial charge in [-0.05, 0) is 38.5 Å². The number of carbonyl (C=O) groups excluding carboxylic acids is 1. The Balaban J connectivity index is 3.48. The molecule has 0 fully saturated rings. The molecule has 0 spiro atoms. The first-order chi connectivity index (χ1) is 11.2. The standard InChI is InChI=1S/C20H28O3/c1-2-3-13-16-19(21)17-14-11-9-7-5-4-6-8-10-12-15-18-20(22)23/h1,4-5,8-11H,3,6-7,12-18H2,(H,22,23)/b5-4-,10-8-,11-9-. The quantitative estimate of drug-likeness (QED) is 0.283. The number of carboxylic acids is 1. The molecule has 3 nitrogen and oxygen atoms in total. The second kappa shape index (κ2) is 16.3. The number of hydrogen-bond donors (Lipinski definition) is 1. The maximum Gasteiger partial charge on any atom is 0.303 e. The van der Waals surface area contributed by atoms with Gasteiger partial charge in [-0.25, -0.2) is 0 Å². The van der Waals surface area contributed by atoms with E-state index in [9.17, 15) is 9.59 Å². The molecule has 0 rings (SSSR count). The molecular formula is C20H28O3. The molecule has 3 heteroatoms. The van der Waals surface area contributed by atoms with Crippen LogP contribution in [0.4, 0.5) is 0 Å². The highest BCUT2D eigenvalue weighted by Crippen LogP contribution is 2.03. The van der Waals surface area contributed by atoms with Gasteiger partial charge in [-0.1, -0.05) is 36.5 Å². The number of carbonyl (C=O) groups is 2. The van der Waals surface area contributed by atoms with Gasteiger partial charge in [0.15, 0.2) is 0 Å². The summed E-state index contributed by atoms with van der Waals surface area (Å²) in [5.74, 6) is 2.09. The highest BCUT2D eigenvalue weighted by atomic mass is 16.4. The Hall–Kier alpha value is -2.08. The molecule has 126 valence electrons. The van der Waals surface area contributed by atoms with E-state index in [1.165, 1.54) is 0 Å². The zero-order valence-corrected chi connectivity index (χ0v) is 13.9. The highest BCUT2D eigenvalue weighted by Gasteiger charge is 1.98. The summed E-state index contributed by atoms with van der Waals surface area (Å²) >= 11 is 0. The van der Waals surface area contributed by atoms with Crippen molar-refractivity contribution in [3.8, 4) is 12.3 Å². The first-order valence-electron chi connectivity index (χ1n) is 8.28. The average molecular weight is 316 g/mol. The van der Waals surface area contributed by atoms with Crippen LogP contribution in [-0.2, 0) is 9.59 Å². The normalized spacial score (nSPS) is 11.4. The lowest BCUT2D eigenvalue weighted by atomic mass is 10.1. The summed E-state index contributed by atoms with van der Waals surface area (Å²) in [6.07, 6.45) is 24.5. The molecule has 0 radical (unpaired) electrons. The number of unbranched alkanes of at least 4 members (excludes halogenated alkanes) is 2. The molecule has 0 unspecified atom stereocenters. The summed E-state index contributed by atoms with van der Waals surface area (Å²) in [7, 11) is 0. The third-order valence-electron chi connectivity index (χ3n) is 3.17. The number of aliphatic carboxylic acids is 1. The van der Waals surface area contributed by atoms with Crippen molar-refractivity contribution in [2.45, 2.75) is 64.2 Å². The van der Waals surface area contributed by atoms with Gasteiger partial charge in [0.05, 0.1) is 0 Å². The summed E-state index contributed by atoms with van der Waals surface area (Å²) in [6.45, 7) is 0. The van der Waals surface area contributed by atoms with Crippen LogP contribution in [0.3, 0.4) is 0 Å². The Bertz CT molecular complexity index is 450. The van der Waals surface area contributed by atoms with E-state index >= 15 is 0 Å². The van der Waals surface area contributed by atoms with Gasteiger partial charge in [0.2, 0.25) is 0 Å². The Labute approximate surface area is 140 Å². The lowest BCUT2D eigenvalue weighted by molar-refractivity contribution is -0.137. The van der Waals surface area contributed by atoms with Crippen molar-refractivity contribution in [3.63, 3.8) is 0 Å². The van der Waals surface area contributed by atoms with Crippen LogP contribution in [0, 0.1) is 12.3 Å². The largest absolute Gasteiger partial charge is 0.481 e. The summed E-state index contributed by atoms with van der Waals surface area (Å²) in [5.41, 5.74) is 0. The smallest absolute Gasteiger partial charge is 0.303 e. The van der Waals surface area contributed by atoms with E-state index in [-0.39, 0.29) is 12.2 Å². The molecule has 0 saturated heterocycles. The number of ketones is 1. The molecule has 0 bridgehead atoms. The molecule has 0 amide bonds. The van der Waals surface area contributed by atoms with Crippen LogP contribution in [0.15, 0.2) is 36.5 Å². The van der Waals surface area contributed by atoms with Crippen molar-refractivity contribution in [1.29, 1.82) is 0 Å². The Morgan fingerprint density at radius 3 is 2.04 bits per heavy atom. The van der Waals surface area contributed by atoms with Crippen molar-refractivity contribution < 1.29 is 14.7 Å². The van der Waals surface area contributed by atoms with E-state index in [2.05, 4.69) is 30.2 Å². The number of rotatable bonds is 14. The maximum atomic E-state index is 11.5. The van der Waals surface area contributed by atoms with Crippen LogP contribution in [0.25, 0.3) is 0 Å². The summed E-state index contributed by atoms with van der Waals surface area (Å²) in [6, 6.07) is 0. The van der Waals surface area contributed by atoms with Crippen LogP contribution in [-0.4, -0.2) is 16.9 Å². The molecule has 0 aromatic rings. The fraction of sp³-hybridized carbons (Fsp3) is 0.500. The van der Waals surface area contributed by atoms with Gasteiger partial charge >= 0.3 is 5.97 Å². The fourth-order valence-corrected chi connectivity index (χ4v) is 1.91. The monoisotopic (exact) mass is 316 g/mol. The third kappa shape index (κ3) is 17.9. The van der Waals surface area contributed by atoms with Crippen molar-refractivity contribution in [2.75, 3.05) is 0 Å². The second-order valence-electron chi connectivity index (χ2n) is 5.31. The number of terminal acetylenes is 1. The number of Topliss-reactive ketones (excluding diaryl/α,β-unsaturated/α-hetero) is 1. The molecule has 0 aromatic carbocycles. The summed E-state index contributed by atoms with van der Waals surface area (Å²) in [5, 5.41) is 8.49. The van der Waals surface area contributed by atoms with Gasteiger partial charge in [0.1, 0.15) is 5.78 Å². The van der Waals surface area contributed by atoms with Crippen molar-refractivity contribution >= 4 is 11.8 Å². The van der Waals surface area contributed by atoms with Crippen molar-refractivity contribution in [2.24, 2.45) is 0 Å². The van der Waals surface area contributed by atoms with Gasteiger partial charge in [-0.3, -0.25) is 9.59 Å². The topological polar surface area (TPSA) is 54.4 Å². The first kappa shape index (κ1) is 20.9. The van der Waals surface area contributed by atoms with Gasteiger partial charge in [-0.15, -0.1) is 12.3 Å². The number of carboxylic acid groups (broad SMARTS) is 1. The SMILES string of the molecule is C#CCCCC(=O)CC/C=C\C/C=C\C/C=C\CCCC(=O)O. The fourth-order valence-electron chi connectivity index (χ4n) is 1.91. The first-order valence-corrected chi connectivity index (χ1v) is 8.28. The van der Waals surface area contributed by atoms with Gasteiger partial charge < -0.3 is 5.11 Å². The predicted octanol–water partition coefficient (Wildman–Crippen LogP) is 4.84. The zero-order chi connectivity index (χ0) is 17.2. The second-order valence-corrected chi connectivity index (χ2v) is 5.31. The van der Waals surface area contributed by atoms with Crippen molar-refractivity contribution in [3.05, 3.63) is 36.5 Å². The van der Waals surface area contributed by atoms with E-state index in [4.69, 9.17) is 11.5 Å². The van der Waals surface area contributed by atoms with Crippen LogP contribution in [0.1, 0.15) is 64.2 Å². The lowest BCUT2D eigenvalue weighted by Gasteiger charge is -1.95. The van der Waals surface area contributed by atoms with Gasteiger partial charge in [0, 0.05) is 25.7 Å². The van der Waals surface area contributed by atoms with Crippen molar-refractivity contribution in [1.82, 2.24) is 0 Å². The van der Waals surface area contributed by atoms with Crippen LogP contribution in [0.2, 0.25) is 0 Å². The Morgan fingerprint density at radius 2 is 1.43 bits per heavy atom.